The lowest BCUT2D eigenvalue weighted by Crippen LogP contribution is -2.22. The van der Waals surface area contributed by atoms with E-state index in [1.165, 1.54) is 0 Å². The Morgan fingerprint density at radius 1 is 0.500 bits per heavy atom. The monoisotopic (exact) mass is 264 g/mol. The highest BCUT2D eigenvalue weighted by molar-refractivity contribution is 6.53. The normalized spacial score (nSPS) is 13.2. The summed E-state index contributed by atoms with van der Waals surface area (Å²) in [6.45, 7) is 7.97. The summed E-state index contributed by atoms with van der Waals surface area (Å²) in [5.41, 5.74) is 7.19. The number of carbonyl (C=O) groups excluding carboxylic acids is 2. The van der Waals surface area contributed by atoms with Gasteiger partial charge in [0.15, 0.2) is 0 Å². The number of hydrogen-bond acceptors (Lipinski definition) is 2. The highest BCUT2D eigenvalue weighted by Gasteiger charge is 2.31. The Morgan fingerprint density at radius 3 is 1.05 bits per heavy atom. The van der Waals surface area contributed by atoms with Crippen molar-refractivity contribution in [1.82, 2.24) is 0 Å². The standard InChI is InChI=1S/C18H16O2/c1-9-5-13-14-6-10(2)12(4)8-16(14)18(20)17(19)15(13)7-11(9)3/h5-8H,1-4H3. The zero-order valence-corrected chi connectivity index (χ0v) is 12.1. The number of rotatable bonds is 0. The fourth-order valence-electron chi connectivity index (χ4n) is 2.70. The van der Waals surface area contributed by atoms with E-state index < -0.39 is 0 Å². The fraction of sp³-hybridized carbons (Fsp3) is 0.222. The van der Waals surface area contributed by atoms with Crippen LogP contribution in [0.3, 0.4) is 0 Å². The molecule has 0 aliphatic heterocycles. The molecule has 0 atom stereocenters. The Kier molecular flexibility index (Phi) is 2.65. The third-order valence-corrected chi connectivity index (χ3v) is 4.25. The molecule has 2 heteroatoms. The maximum absolute atomic E-state index is 12.3. The van der Waals surface area contributed by atoms with Crippen molar-refractivity contribution in [2.75, 3.05) is 0 Å². The molecule has 2 nitrogen and oxygen atoms in total. The number of hydrogen-bond donors (Lipinski definition) is 0. The van der Waals surface area contributed by atoms with Crippen LogP contribution in [0.1, 0.15) is 43.0 Å². The average molecular weight is 264 g/mol. The second-order valence-corrected chi connectivity index (χ2v) is 5.62. The molecule has 2 aromatic rings. The minimum absolute atomic E-state index is 0.390. The van der Waals surface area contributed by atoms with Crippen molar-refractivity contribution in [3.05, 3.63) is 57.6 Å². The second kappa shape index (κ2) is 4.14. The van der Waals surface area contributed by atoms with Crippen LogP contribution in [0.15, 0.2) is 24.3 Å². The summed E-state index contributed by atoms with van der Waals surface area (Å²) < 4.78 is 0. The van der Waals surface area contributed by atoms with Gasteiger partial charge in [0.05, 0.1) is 0 Å². The summed E-state index contributed by atoms with van der Waals surface area (Å²) in [6, 6.07) is 7.71. The van der Waals surface area contributed by atoms with Gasteiger partial charge in [-0.3, -0.25) is 9.59 Å². The van der Waals surface area contributed by atoms with Crippen molar-refractivity contribution in [2.24, 2.45) is 0 Å². The molecule has 0 saturated carbocycles. The smallest absolute Gasteiger partial charge is 0.234 e. The summed E-state index contributed by atoms with van der Waals surface area (Å²) in [7, 11) is 0. The van der Waals surface area contributed by atoms with Gasteiger partial charge in [-0.05, 0) is 73.2 Å². The Balaban J connectivity index is 2.42. The second-order valence-electron chi connectivity index (χ2n) is 5.62. The first kappa shape index (κ1) is 12.8. The van der Waals surface area contributed by atoms with Crippen molar-refractivity contribution in [3.8, 4) is 11.1 Å². The topological polar surface area (TPSA) is 34.1 Å². The molecular weight excluding hydrogens is 248 g/mol. The molecule has 1 aliphatic carbocycles. The van der Waals surface area contributed by atoms with E-state index in [4.69, 9.17) is 0 Å². The number of carbonyl (C=O) groups is 2. The Hall–Kier alpha value is -2.22. The molecule has 2 aromatic carbocycles. The van der Waals surface area contributed by atoms with E-state index >= 15 is 0 Å². The predicted octanol–water partition coefficient (Wildman–Crippen LogP) is 3.97. The molecular formula is C18H16O2. The van der Waals surface area contributed by atoms with Gasteiger partial charge in [0.1, 0.15) is 0 Å². The van der Waals surface area contributed by atoms with Gasteiger partial charge in [-0.25, -0.2) is 0 Å². The highest BCUT2D eigenvalue weighted by Crippen LogP contribution is 2.36. The number of Topliss-reactive ketones (excluding diaryl/α,β-unsaturated/α-hetero) is 2. The SMILES string of the molecule is Cc1cc2c(cc1C)-c1cc(C)c(C)cc1C(=O)C2=O. The Bertz CT molecular complexity index is 715. The molecule has 3 rings (SSSR count). The van der Waals surface area contributed by atoms with Gasteiger partial charge >= 0.3 is 0 Å². The molecule has 20 heavy (non-hydrogen) atoms. The number of benzene rings is 2. The molecule has 0 N–H and O–H groups in total. The van der Waals surface area contributed by atoms with Crippen molar-refractivity contribution in [1.29, 1.82) is 0 Å². The molecule has 0 saturated heterocycles. The molecule has 0 aromatic heterocycles. The van der Waals surface area contributed by atoms with Gasteiger partial charge in [-0.1, -0.05) is 12.1 Å². The van der Waals surface area contributed by atoms with E-state index in [1.54, 1.807) is 0 Å². The Morgan fingerprint density at radius 2 is 0.750 bits per heavy atom. The maximum atomic E-state index is 12.3. The van der Waals surface area contributed by atoms with Crippen LogP contribution in [0.2, 0.25) is 0 Å². The lowest BCUT2D eigenvalue weighted by Gasteiger charge is -2.21. The summed E-state index contributed by atoms with van der Waals surface area (Å²) in [5.74, 6) is -0.780. The lowest BCUT2D eigenvalue weighted by atomic mass is 9.81. The first-order valence-electron chi connectivity index (χ1n) is 6.72. The molecule has 0 fully saturated rings. The van der Waals surface area contributed by atoms with Gasteiger partial charge in [0.2, 0.25) is 11.6 Å². The van der Waals surface area contributed by atoms with Gasteiger partial charge in [0.25, 0.3) is 0 Å². The zero-order valence-electron chi connectivity index (χ0n) is 12.1. The molecule has 0 radical (unpaired) electrons. The molecule has 0 bridgehead atoms. The first-order chi connectivity index (χ1) is 9.40. The van der Waals surface area contributed by atoms with Crippen LogP contribution in [-0.2, 0) is 0 Å². The highest BCUT2D eigenvalue weighted by atomic mass is 16.2. The van der Waals surface area contributed by atoms with Crippen molar-refractivity contribution in [3.63, 3.8) is 0 Å². The molecule has 0 spiro atoms. The van der Waals surface area contributed by atoms with Crippen LogP contribution in [0.25, 0.3) is 11.1 Å². The predicted molar refractivity (Wildman–Crippen MR) is 79.5 cm³/mol. The van der Waals surface area contributed by atoms with Crippen molar-refractivity contribution in [2.45, 2.75) is 27.7 Å². The molecule has 0 amide bonds. The molecule has 1 aliphatic rings. The van der Waals surface area contributed by atoms with Crippen molar-refractivity contribution >= 4 is 11.6 Å². The van der Waals surface area contributed by atoms with Crippen LogP contribution < -0.4 is 0 Å². The Labute approximate surface area is 118 Å². The third-order valence-electron chi connectivity index (χ3n) is 4.25. The van der Waals surface area contributed by atoms with Crippen LogP contribution in [0.4, 0.5) is 0 Å². The van der Waals surface area contributed by atoms with Gasteiger partial charge in [-0.15, -0.1) is 0 Å². The van der Waals surface area contributed by atoms with E-state index in [0.29, 0.717) is 11.1 Å². The third kappa shape index (κ3) is 1.64. The van der Waals surface area contributed by atoms with Crippen molar-refractivity contribution < 1.29 is 9.59 Å². The first-order valence-corrected chi connectivity index (χ1v) is 6.72. The quantitative estimate of drug-likeness (QED) is 0.675. The minimum Gasteiger partial charge on any atom is -0.285 e. The fourth-order valence-corrected chi connectivity index (χ4v) is 2.70. The number of fused-ring (bicyclic) bond motifs is 3. The minimum atomic E-state index is -0.390. The van der Waals surface area contributed by atoms with Gasteiger partial charge in [0, 0.05) is 11.1 Å². The molecule has 0 unspecified atom stereocenters. The molecule has 0 heterocycles. The largest absolute Gasteiger partial charge is 0.285 e. The zero-order chi connectivity index (χ0) is 14.6. The van der Waals surface area contributed by atoms with E-state index in [2.05, 4.69) is 0 Å². The summed E-state index contributed by atoms with van der Waals surface area (Å²) >= 11 is 0. The van der Waals surface area contributed by atoms with Crippen LogP contribution in [0.5, 0.6) is 0 Å². The van der Waals surface area contributed by atoms with Gasteiger partial charge < -0.3 is 0 Å². The average Bonchev–Trinajstić information content (AvgIpc) is 2.41. The van der Waals surface area contributed by atoms with Crippen LogP contribution in [-0.4, -0.2) is 11.6 Å². The van der Waals surface area contributed by atoms with Crippen LogP contribution in [0, 0.1) is 27.7 Å². The summed E-state index contributed by atoms with van der Waals surface area (Å²) in [5, 5.41) is 0. The summed E-state index contributed by atoms with van der Waals surface area (Å²) in [4.78, 5) is 24.6. The van der Waals surface area contributed by atoms with Gasteiger partial charge in [-0.2, -0.15) is 0 Å². The van der Waals surface area contributed by atoms with E-state index in [9.17, 15) is 9.59 Å². The number of ketones is 2. The lowest BCUT2D eigenvalue weighted by molar-refractivity contribution is 0.0815. The van der Waals surface area contributed by atoms with Crippen LogP contribution >= 0.6 is 0 Å². The molecule has 100 valence electrons. The number of aryl methyl sites for hydroxylation is 4. The van der Waals surface area contributed by atoms with E-state index in [-0.39, 0.29) is 11.6 Å². The van der Waals surface area contributed by atoms with E-state index in [1.807, 2.05) is 52.0 Å². The summed E-state index contributed by atoms with van der Waals surface area (Å²) in [6.07, 6.45) is 0. The van der Waals surface area contributed by atoms with E-state index in [0.717, 1.165) is 33.4 Å². The maximum Gasteiger partial charge on any atom is 0.234 e.